The number of alkyl halides is 3. The first-order valence-electron chi connectivity index (χ1n) is 5.29. The Kier molecular flexibility index (Phi) is 4.31. The molecule has 20 heavy (non-hydrogen) atoms. The van der Waals surface area contributed by atoms with Crippen LogP contribution in [0.5, 0.6) is 0 Å². The third-order valence-electron chi connectivity index (χ3n) is 2.44. The molecule has 9 heteroatoms. The van der Waals surface area contributed by atoms with Crippen molar-refractivity contribution < 1.29 is 27.3 Å². The number of rotatable bonds is 3. The summed E-state index contributed by atoms with van der Waals surface area (Å²) in [6, 6.07) is 1.52. The zero-order valence-corrected chi connectivity index (χ0v) is 10.5. The van der Waals surface area contributed by atoms with E-state index in [0.717, 1.165) is 13.1 Å². The lowest BCUT2D eigenvalue weighted by Crippen LogP contribution is -2.36. The van der Waals surface area contributed by atoms with Crippen molar-refractivity contribution in [1.29, 1.82) is 0 Å². The number of nitro benzene ring substituents is 1. The van der Waals surface area contributed by atoms with E-state index in [2.05, 4.69) is 0 Å². The van der Waals surface area contributed by atoms with Crippen LogP contribution in [0.1, 0.15) is 15.9 Å². The number of carbonyl (C=O) groups is 1. The highest BCUT2D eigenvalue weighted by Crippen LogP contribution is 2.23. The van der Waals surface area contributed by atoms with Gasteiger partial charge in [-0.25, -0.2) is 4.39 Å². The molecule has 0 aliphatic carbocycles. The minimum atomic E-state index is -4.64. The first kappa shape index (κ1) is 15.9. The summed E-state index contributed by atoms with van der Waals surface area (Å²) in [6.07, 6.45) is -4.64. The number of hydrogen-bond acceptors (Lipinski definition) is 3. The van der Waals surface area contributed by atoms with Gasteiger partial charge in [0.05, 0.1) is 10.5 Å². The van der Waals surface area contributed by atoms with Crippen LogP contribution in [0, 0.1) is 22.9 Å². The molecule has 0 aliphatic heterocycles. The van der Waals surface area contributed by atoms with E-state index in [-0.39, 0.29) is 10.5 Å². The predicted molar refractivity (Wildman–Crippen MR) is 60.8 cm³/mol. The Morgan fingerprint density at radius 2 is 1.95 bits per heavy atom. The average molecular weight is 294 g/mol. The molecule has 1 rings (SSSR count). The van der Waals surface area contributed by atoms with Crippen LogP contribution in [0.3, 0.4) is 0 Å². The zero-order valence-electron chi connectivity index (χ0n) is 10.5. The monoisotopic (exact) mass is 294 g/mol. The van der Waals surface area contributed by atoms with Gasteiger partial charge in [0.15, 0.2) is 0 Å². The van der Waals surface area contributed by atoms with Crippen LogP contribution in [0.25, 0.3) is 0 Å². The summed E-state index contributed by atoms with van der Waals surface area (Å²) in [6.45, 7) is -0.393. The van der Waals surface area contributed by atoms with Gasteiger partial charge in [-0.15, -0.1) is 0 Å². The Morgan fingerprint density at radius 3 is 2.40 bits per heavy atom. The lowest BCUT2D eigenvalue weighted by molar-refractivity contribution is -0.385. The van der Waals surface area contributed by atoms with E-state index >= 15 is 0 Å². The Balaban J connectivity index is 3.18. The largest absolute Gasteiger partial charge is 0.406 e. The van der Waals surface area contributed by atoms with Crippen LogP contribution in [-0.2, 0) is 0 Å². The number of carbonyl (C=O) groups excluding carboxylic acids is 1. The van der Waals surface area contributed by atoms with Gasteiger partial charge in [0.25, 0.3) is 11.6 Å². The third-order valence-corrected chi connectivity index (χ3v) is 2.44. The molecule has 110 valence electrons. The lowest BCUT2D eigenvalue weighted by Gasteiger charge is -2.19. The molecule has 5 nitrogen and oxygen atoms in total. The van der Waals surface area contributed by atoms with Crippen molar-refractivity contribution in [2.75, 3.05) is 13.6 Å². The van der Waals surface area contributed by atoms with E-state index in [0.29, 0.717) is 6.07 Å². The molecule has 0 aliphatic rings. The molecule has 1 amide bonds. The fourth-order valence-corrected chi connectivity index (χ4v) is 1.56. The summed E-state index contributed by atoms with van der Waals surface area (Å²) in [5.41, 5.74) is -1.51. The van der Waals surface area contributed by atoms with E-state index < -0.39 is 40.6 Å². The Labute approximate surface area is 110 Å². The third kappa shape index (κ3) is 3.65. The van der Waals surface area contributed by atoms with E-state index in [1.165, 1.54) is 6.92 Å². The van der Waals surface area contributed by atoms with E-state index in [9.17, 15) is 32.5 Å². The summed E-state index contributed by atoms with van der Waals surface area (Å²) >= 11 is 0. The van der Waals surface area contributed by atoms with Crippen LogP contribution in [0.2, 0.25) is 0 Å². The second-order valence-electron chi connectivity index (χ2n) is 4.16. The van der Waals surface area contributed by atoms with Crippen molar-refractivity contribution in [2.45, 2.75) is 13.1 Å². The van der Waals surface area contributed by atoms with Crippen LogP contribution < -0.4 is 0 Å². The molecule has 0 atom stereocenters. The standard InChI is InChI=1S/C11H10F4N2O3/c1-6-3-7(17(19)20)4-8(9(6)12)10(18)16(2)5-11(13,14)15/h3-4H,5H2,1-2H3. The van der Waals surface area contributed by atoms with Gasteiger partial charge >= 0.3 is 6.18 Å². The molecule has 1 aromatic rings. The van der Waals surface area contributed by atoms with Crippen molar-refractivity contribution in [2.24, 2.45) is 0 Å². The van der Waals surface area contributed by atoms with Crippen LogP contribution in [0.15, 0.2) is 12.1 Å². The Bertz CT molecular complexity index is 557. The molecule has 0 heterocycles. The molecule has 0 spiro atoms. The second-order valence-corrected chi connectivity index (χ2v) is 4.16. The SMILES string of the molecule is Cc1cc([N+](=O)[O-])cc(C(=O)N(C)CC(F)(F)F)c1F. The van der Waals surface area contributed by atoms with Gasteiger partial charge in [-0.2, -0.15) is 13.2 Å². The molecule has 0 saturated carbocycles. The zero-order chi connectivity index (χ0) is 15.7. The number of nitro groups is 1. The lowest BCUT2D eigenvalue weighted by atomic mass is 10.1. The maximum Gasteiger partial charge on any atom is 0.406 e. The van der Waals surface area contributed by atoms with Crippen molar-refractivity contribution >= 4 is 11.6 Å². The number of benzene rings is 1. The molecular formula is C11H10F4N2O3. The van der Waals surface area contributed by atoms with Gasteiger partial charge in [0, 0.05) is 19.2 Å². The molecule has 0 radical (unpaired) electrons. The number of hydrogen-bond donors (Lipinski definition) is 0. The first-order chi connectivity index (χ1) is 9.03. The van der Waals surface area contributed by atoms with Crippen LogP contribution in [-0.4, -0.2) is 35.5 Å². The van der Waals surface area contributed by atoms with E-state index in [4.69, 9.17) is 0 Å². The fourth-order valence-electron chi connectivity index (χ4n) is 1.56. The first-order valence-corrected chi connectivity index (χ1v) is 5.29. The number of non-ortho nitro benzene ring substituents is 1. The number of halogens is 4. The number of amides is 1. The van der Waals surface area contributed by atoms with E-state index in [1.807, 2.05) is 0 Å². The molecule has 0 fully saturated rings. The van der Waals surface area contributed by atoms with Crippen LogP contribution >= 0.6 is 0 Å². The van der Waals surface area contributed by atoms with Crippen molar-refractivity contribution in [1.82, 2.24) is 4.90 Å². The summed E-state index contributed by atoms with van der Waals surface area (Å²) in [7, 11) is 0.837. The highest BCUT2D eigenvalue weighted by atomic mass is 19.4. The van der Waals surface area contributed by atoms with Crippen molar-refractivity contribution in [3.63, 3.8) is 0 Å². The number of aryl methyl sites for hydroxylation is 1. The normalized spacial score (nSPS) is 11.3. The second kappa shape index (κ2) is 5.43. The topological polar surface area (TPSA) is 63.5 Å². The van der Waals surface area contributed by atoms with Gasteiger partial charge in [0.1, 0.15) is 12.4 Å². The van der Waals surface area contributed by atoms with Gasteiger partial charge < -0.3 is 4.90 Å². The predicted octanol–water partition coefficient (Wildman–Crippen LogP) is 2.68. The van der Waals surface area contributed by atoms with Crippen molar-refractivity contribution in [3.8, 4) is 0 Å². The molecule has 1 aromatic carbocycles. The summed E-state index contributed by atoms with van der Waals surface area (Å²) in [5, 5.41) is 10.6. The quantitative estimate of drug-likeness (QED) is 0.489. The Hall–Kier alpha value is -2.19. The van der Waals surface area contributed by atoms with Crippen molar-refractivity contribution in [3.05, 3.63) is 39.2 Å². The van der Waals surface area contributed by atoms with Gasteiger partial charge in [0.2, 0.25) is 0 Å². The van der Waals surface area contributed by atoms with Gasteiger partial charge in [-0.1, -0.05) is 0 Å². The van der Waals surface area contributed by atoms with Gasteiger partial charge in [-0.3, -0.25) is 14.9 Å². The highest BCUT2D eigenvalue weighted by Gasteiger charge is 2.32. The fraction of sp³-hybridized carbons (Fsp3) is 0.364. The molecular weight excluding hydrogens is 284 g/mol. The average Bonchev–Trinajstić information content (AvgIpc) is 2.29. The maximum absolute atomic E-state index is 13.7. The molecule has 0 saturated heterocycles. The van der Waals surface area contributed by atoms with E-state index in [1.54, 1.807) is 0 Å². The molecule has 0 bridgehead atoms. The summed E-state index contributed by atoms with van der Waals surface area (Å²) in [4.78, 5) is 21.7. The Morgan fingerprint density at radius 1 is 1.40 bits per heavy atom. The maximum atomic E-state index is 13.7. The highest BCUT2D eigenvalue weighted by molar-refractivity contribution is 5.95. The molecule has 0 unspecified atom stereocenters. The smallest absolute Gasteiger partial charge is 0.333 e. The minimum Gasteiger partial charge on any atom is -0.333 e. The molecule has 0 aromatic heterocycles. The molecule has 0 N–H and O–H groups in total. The summed E-state index contributed by atoms with van der Waals surface area (Å²) < 4.78 is 50.3. The minimum absolute atomic E-state index is 0.192. The number of nitrogens with zero attached hydrogens (tertiary/aromatic N) is 2. The van der Waals surface area contributed by atoms with Crippen LogP contribution in [0.4, 0.5) is 23.2 Å². The summed E-state index contributed by atoms with van der Waals surface area (Å²) in [5.74, 6) is -2.35. The van der Waals surface area contributed by atoms with Gasteiger partial charge in [-0.05, 0) is 12.5 Å².